The number of fused-ring (bicyclic) bond motifs is 1. The molecule has 0 spiro atoms. The van der Waals surface area contributed by atoms with Gasteiger partial charge in [0.1, 0.15) is 5.60 Å². The maximum Gasteiger partial charge on any atom is 0.335 e. The van der Waals surface area contributed by atoms with E-state index in [-0.39, 0.29) is 5.60 Å². The number of ether oxygens (including phenoxy) is 1. The van der Waals surface area contributed by atoms with Crippen LogP contribution in [0.15, 0.2) is 35.7 Å². The van der Waals surface area contributed by atoms with Gasteiger partial charge in [-0.25, -0.2) is 4.79 Å². The van der Waals surface area contributed by atoms with E-state index in [4.69, 9.17) is 9.84 Å². The lowest BCUT2D eigenvalue weighted by Gasteiger charge is -2.34. The van der Waals surface area contributed by atoms with Crippen LogP contribution in [0.5, 0.6) is 0 Å². The Kier molecular flexibility index (Phi) is 4.29. The lowest BCUT2D eigenvalue weighted by Crippen LogP contribution is -2.41. The first-order valence-corrected chi connectivity index (χ1v) is 8.20. The van der Waals surface area contributed by atoms with Gasteiger partial charge in [-0.05, 0) is 41.6 Å². The molecule has 22 heavy (non-hydrogen) atoms. The predicted octanol–water partition coefficient (Wildman–Crippen LogP) is 3.02. The number of carbonyl (C=O) groups is 1. The van der Waals surface area contributed by atoms with E-state index >= 15 is 0 Å². The zero-order valence-corrected chi connectivity index (χ0v) is 13.3. The first kappa shape index (κ1) is 15.2. The number of rotatable bonds is 5. The van der Waals surface area contributed by atoms with E-state index in [0.29, 0.717) is 18.7 Å². The number of aromatic carboxylic acids is 1. The molecule has 2 heterocycles. The Balaban J connectivity index is 1.64. The van der Waals surface area contributed by atoms with Crippen LogP contribution >= 0.6 is 11.3 Å². The number of benzene rings is 1. The van der Waals surface area contributed by atoms with Crippen molar-refractivity contribution in [2.24, 2.45) is 0 Å². The molecule has 4 nitrogen and oxygen atoms in total. The molecule has 2 N–H and O–H groups in total. The van der Waals surface area contributed by atoms with Crippen LogP contribution in [-0.2, 0) is 23.3 Å². The monoisotopic (exact) mass is 317 g/mol. The molecule has 1 unspecified atom stereocenters. The van der Waals surface area contributed by atoms with Crippen LogP contribution in [0.25, 0.3) is 0 Å². The van der Waals surface area contributed by atoms with E-state index in [1.165, 1.54) is 10.4 Å². The maximum atomic E-state index is 11.0. The van der Waals surface area contributed by atoms with Gasteiger partial charge in [0.15, 0.2) is 0 Å². The summed E-state index contributed by atoms with van der Waals surface area (Å²) < 4.78 is 6.00. The third-order valence-electron chi connectivity index (χ3n) is 4.03. The summed E-state index contributed by atoms with van der Waals surface area (Å²) >= 11 is 1.79. The number of hydrogen-bond donors (Lipinski definition) is 2. The number of thiophene rings is 1. The fourth-order valence-corrected chi connectivity index (χ4v) is 3.84. The zero-order valence-electron chi connectivity index (χ0n) is 12.5. The largest absolute Gasteiger partial charge is 0.478 e. The summed E-state index contributed by atoms with van der Waals surface area (Å²) in [6, 6.07) is 9.16. The van der Waals surface area contributed by atoms with Gasteiger partial charge in [-0.15, -0.1) is 11.3 Å². The Morgan fingerprint density at radius 2 is 2.32 bits per heavy atom. The van der Waals surface area contributed by atoms with Gasteiger partial charge in [-0.2, -0.15) is 0 Å². The quantitative estimate of drug-likeness (QED) is 0.890. The first-order chi connectivity index (χ1) is 10.6. The molecular weight excluding hydrogens is 298 g/mol. The van der Waals surface area contributed by atoms with Gasteiger partial charge in [-0.3, -0.25) is 0 Å². The first-order valence-electron chi connectivity index (χ1n) is 7.32. The minimum atomic E-state index is -0.896. The van der Waals surface area contributed by atoms with Gasteiger partial charge in [0, 0.05) is 24.4 Å². The fraction of sp³-hybridized carbons (Fsp3) is 0.353. The van der Waals surface area contributed by atoms with Crippen molar-refractivity contribution >= 4 is 17.3 Å². The standard InChI is InChI=1S/C17H19NO3S/c1-17(14-6-8-22-15(14)5-7-21-17)11-18-10-12-3-2-4-13(9-12)16(19)20/h2-4,6,8-9,18H,5,7,10-11H2,1H3,(H,19,20). The fourth-order valence-electron chi connectivity index (χ4n) is 2.86. The molecule has 3 rings (SSSR count). The average molecular weight is 317 g/mol. The number of carboxylic acid groups (broad SMARTS) is 1. The molecule has 1 aliphatic rings. The molecule has 116 valence electrons. The third kappa shape index (κ3) is 3.06. The number of carboxylic acids is 1. The van der Waals surface area contributed by atoms with Crippen molar-refractivity contribution in [2.75, 3.05) is 13.2 Å². The number of hydrogen-bond acceptors (Lipinski definition) is 4. The summed E-state index contributed by atoms with van der Waals surface area (Å²) in [6.07, 6.45) is 0.989. The summed E-state index contributed by atoms with van der Waals surface area (Å²) in [7, 11) is 0. The number of nitrogens with one attached hydrogen (secondary N) is 1. The Morgan fingerprint density at radius 1 is 1.45 bits per heavy atom. The van der Waals surface area contributed by atoms with Gasteiger partial charge in [0.05, 0.1) is 12.2 Å². The van der Waals surface area contributed by atoms with Gasteiger partial charge in [-0.1, -0.05) is 12.1 Å². The van der Waals surface area contributed by atoms with Gasteiger partial charge < -0.3 is 15.2 Å². The summed E-state index contributed by atoms with van der Waals surface area (Å²) in [5.41, 5.74) is 2.25. The summed E-state index contributed by atoms with van der Waals surface area (Å²) in [6.45, 7) is 4.19. The van der Waals surface area contributed by atoms with E-state index in [9.17, 15) is 4.79 Å². The highest BCUT2D eigenvalue weighted by atomic mass is 32.1. The summed E-state index contributed by atoms with van der Waals surface area (Å²) in [4.78, 5) is 12.4. The van der Waals surface area contributed by atoms with Crippen molar-refractivity contribution in [1.82, 2.24) is 5.32 Å². The average Bonchev–Trinajstić information content (AvgIpc) is 2.98. The van der Waals surface area contributed by atoms with Crippen LogP contribution in [0.4, 0.5) is 0 Å². The SMILES string of the molecule is CC1(CNCc2cccc(C(=O)O)c2)OCCc2sccc21. The normalized spacial score (nSPS) is 20.6. The molecule has 1 atom stereocenters. The Hall–Kier alpha value is -1.69. The Bertz CT molecular complexity index is 682. The molecule has 0 saturated carbocycles. The van der Waals surface area contributed by atoms with E-state index in [0.717, 1.165) is 18.6 Å². The second-order valence-corrected chi connectivity index (χ2v) is 6.70. The maximum absolute atomic E-state index is 11.0. The lowest BCUT2D eigenvalue weighted by molar-refractivity contribution is -0.0439. The molecular formula is C17H19NO3S. The van der Waals surface area contributed by atoms with Crippen LogP contribution < -0.4 is 5.32 Å². The van der Waals surface area contributed by atoms with Crippen molar-refractivity contribution in [3.8, 4) is 0 Å². The minimum absolute atomic E-state index is 0.308. The van der Waals surface area contributed by atoms with Crippen molar-refractivity contribution in [3.63, 3.8) is 0 Å². The summed E-state index contributed by atoms with van der Waals surface area (Å²) in [5, 5.41) is 14.5. The molecule has 0 fully saturated rings. The second kappa shape index (κ2) is 6.20. The van der Waals surface area contributed by atoms with Crippen molar-refractivity contribution in [3.05, 3.63) is 57.3 Å². The molecule has 0 amide bonds. The van der Waals surface area contributed by atoms with Crippen molar-refractivity contribution in [2.45, 2.75) is 25.5 Å². The smallest absolute Gasteiger partial charge is 0.335 e. The van der Waals surface area contributed by atoms with Gasteiger partial charge >= 0.3 is 5.97 Å². The van der Waals surface area contributed by atoms with Gasteiger partial charge in [0.25, 0.3) is 0 Å². The Morgan fingerprint density at radius 3 is 3.14 bits per heavy atom. The highest BCUT2D eigenvalue weighted by molar-refractivity contribution is 7.10. The van der Waals surface area contributed by atoms with E-state index < -0.39 is 5.97 Å². The zero-order chi connectivity index (χ0) is 15.6. The molecule has 1 aromatic heterocycles. The molecule has 1 aromatic carbocycles. The molecule has 5 heteroatoms. The second-order valence-electron chi connectivity index (χ2n) is 5.70. The molecule has 1 aliphatic heterocycles. The van der Waals surface area contributed by atoms with Crippen LogP contribution in [0, 0.1) is 0 Å². The molecule has 0 saturated heterocycles. The van der Waals surface area contributed by atoms with Gasteiger partial charge in [0.2, 0.25) is 0 Å². The molecule has 2 aromatic rings. The highest BCUT2D eigenvalue weighted by Gasteiger charge is 2.33. The molecule has 0 aliphatic carbocycles. The molecule has 0 bridgehead atoms. The van der Waals surface area contributed by atoms with Crippen LogP contribution in [0.2, 0.25) is 0 Å². The Labute approximate surface area is 133 Å². The van der Waals surface area contributed by atoms with Crippen molar-refractivity contribution in [1.29, 1.82) is 0 Å². The van der Waals surface area contributed by atoms with Crippen LogP contribution in [-0.4, -0.2) is 24.2 Å². The van der Waals surface area contributed by atoms with Crippen molar-refractivity contribution < 1.29 is 14.6 Å². The van der Waals surface area contributed by atoms with Crippen LogP contribution in [0.3, 0.4) is 0 Å². The predicted molar refractivity (Wildman–Crippen MR) is 86.4 cm³/mol. The van der Waals surface area contributed by atoms with E-state index in [1.54, 1.807) is 29.5 Å². The van der Waals surface area contributed by atoms with Crippen LogP contribution in [0.1, 0.15) is 33.3 Å². The highest BCUT2D eigenvalue weighted by Crippen LogP contribution is 2.35. The summed E-state index contributed by atoms with van der Waals surface area (Å²) in [5.74, 6) is -0.896. The van der Waals surface area contributed by atoms with E-state index in [1.807, 2.05) is 6.07 Å². The lowest BCUT2D eigenvalue weighted by atomic mass is 9.93. The minimum Gasteiger partial charge on any atom is -0.478 e. The topological polar surface area (TPSA) is 58.6 Å². The third-order valence-corrected chi connectivity index (χ3v) is 5.01. The van der Waals surface area contributed by atoms with E-state index in [2.05, 4.69) is 23.7 Å². The molecule has 0 radical (unpaired) electrons.